The molecule has 0 fully saturated rings. The van der Waals surface area contributed by atoms with Crippen molar-refractivity contribution in [3.05, 3.63) is 64.4 Å². The normalized spacial score (nSPS) is 10.8. The molecular weight excluding hydrogens is 391 g/mol. The molecule has 0 aliphatic rings. The predicted molar refractivity (Wildman–Crippen MR) is 99.8 cm³/mol. The molecule has 0 radical (unpaired) electrons. The molecule has 0 unspecified atom stereocenters. The summed E-state index contributed by atoms with van der Waals surface area (Å²) in [6.45, 7) is 0.746. The number of halogens is 2. The van der Waals surface area contributed by atoms with Crippen LogP contribution in [0.4, 0.5) is 4.39 Å². The lowest BCUT2D eigenvalue weighted by Gasteiger charge is -2.20. The number of nitriles is 1. The number of carbonyl (C=O) groups is 2. The van der Waals surface area contributed by atoms with Crippen molar-refractivity contribution in [2.75, 3.05) is 13.6 Å². The maximum Gasteiger partial charge on any atom is 0.414 e. The molecule has 9 heteroatoms. The average molecular weight is 409 g/mol. The second-order valence-electron chi connectivity index (χ2n) is 5.39. The number of nitrogens with zero attached hydrogens (tertiary/aromatic N) is 1. The summed E-state index contributed by atoms with van der Waals surface area (Å²) in [6.07, 6.45) is 0.461. The minimum atomic E-state index is -1.82. The molecule has 0 aliphatic heterocycles. The van der Waals surface area contributed by atoms with Crippen LogP contribution in [0.3, 0.4) is 0 Å². The van der Waals surface area contributed by atoms with E-state index in [0.29, 0.717) is 12.2 Å². The van der Waals surface area contributed by atoms with Gasteiger partial charge in [0.15, 0.2) is 0 Å². The molecule has 148 valence electrons. The van der Waals surface area contributed by atoms with Crippen molar-refractivity contribution in [2.45, 2.75) is 12.5 Å². The van der Waals surface area contributed by atoms with E-state index in [1.807, 2.05) is 43.4 Å². The smallest absolute Gasteiger partial charge is 0.414 e. The molecule has 2 aromatic carbocycles. The van der Waals surface area contributed by atoms with Crippen LogP contribution < -0.4 is 10.1 Å². The molecule has 0 aromatic heterocycles. The van der Waals surface area contributed by atoms with Gasteiger partial charge < -0.3 is 20.3 Å². The number of benzene rings is 2. The monoisotopic (exact) mass is 408 g/mol. The zero-order valence-corrected chi connectivity index (χ0v) is 15.6. The number of hydrogen-bond acceptors (Lipinski definition) is 5. The Labute approximate surface area is 165 Å². The van der Waals surface area contributed by atoms with Gasteiger partial charge in [-0.1, -0.05) is 41.9 Å². The maximum absolute atomic E-state index is 13.5. The van der Waals surface area contributed by atoms with E-state index in [4.69, 9.17) is 41.4 Å². The van der Waals surface area contributed by atoms with Crippen LogP contribution >= 0.6 is 11.6 Å². The third-order valence-electron chi connectivity index (χ3n) is 3.42. The molecule has 0 bridgehead atoms. The Kier molecular flexibility index (Phi) is 9.43. The zero-order valence-electron chi connectivity index (χ0n) is 14.9. The van der Waals surface area contributed by atoms with Gasteiger partial charge in [0.2, 0.25) is 0 Å². The highest BCUT2D eigenvalue weighted by molar-refractivity contribution is 6.30. The first kappa shape index (κ1) is 22.9. The lowest BCUT2D eigenvalue weighted by atomic mass is 10.1. The second-order valence-corrected chi connectivity index (χ2v) is 5.80. The number of carboxylic acids is 2. The van der Waals surface area contributed by atoms with Gasteiger partial charge in [-0.05, 0) is 25.2 Å². The number of ether oxygens (including phenoxy) is 1. The fourth-order valence-corrected chi connectivity index (χ4v) is 2.26. The molecule has 0 amide bonds. The van der Waals surface area contributed by atoms with Crippen LogP contribution in [0.15, 0.2) is 42.5 Å². The highest BCUT2D eigenvalue weighted by atomic mass is 35.5. The van der Waals surface area contributed by atoms with E-state index in [-0.39, 0.29) is 16.7 Å². The number of hydrogen-bond donors (Lipinski definition) is 3. The molecule has 7 nitrogen and oxygen atoms in total. The molecule has 3 N–H and O–H groups in total. The highest BCUT2D eigenvalue weighted by Crippen LogP contribution is 2.31. The summed E-state index contributed by atoms with van der Waals surface area (Å²) < 4.78 is 19.4. The van der Waals surface area contributed by atoms with Crippen molar-refractivity contribution in [3.8, 4) is 11.8 Å². The maximum atomic E-state index is 13.5. The van der Waals surface area contributed by atoms with Crippen molar-refractivity contribution >= 4 is 23.5 Å². The standard InChI is InChI=1S/C17H16ClFN2O.C2H2O4/c1-21-8-7-16(12-5-3-2-4-6-12)22-17-10-14(18)15(19)9-13(17)11-20;3-1(4)2(5)6/h2-6,9-10,16,21H,7-8H2,1H3;(H,3,4)(H,5,6)/t16-;/m1./s1. The van der Waals surface area contributed by atoms with Gasteiger partial charge in [0.1, 0.15) is 23.7 Å². The Morgan fingerprint density at radius 3 is 2.36 bits per heavy atom. The van der Waals surface area contributed by atoms with E-state index in [9.17, 15) is 4.39 Å². The quantitative estimate of drug-likeness (QED) is 0.627. The van der Waals surface area contributed by atoms with E-state index in [2.05, 4.69) is 5.32 Å². The highest BCUT2D eigenvalue weighted by Gasteiger charge is 2.17. The van der Waals surface area contributed by atoms with Crippen molar-refractivity contribution in [3.63, 3.8) is 0 Å². The van der Waals surface area contributed by atoms with Crippen molar-refractivity contribution in [2.24, 2.45) is 0 Å². The number of carboxylic acid groups (broad SMARTS) is 2. The Morgan fingerprint density at radius 2 is 1.86 bits per heavy atom. The summed E-state index contributed by atoms with van der Waals surface area (Å²) in [7, 11) is 1.86. The number of nitrogens with one attached hydrogen (secondary N) is 1. The van der Waals surface area contributed by atoms with E-state index in [0.717, 1.165) is 18.2 Å². The molecule has 28 heavy (non-hydrogen) atoms. The van der Waals surface area contributed by atoms with Crippen molar-refractivity contribution in [1.82, 2.24) is 5.32 Å². The molecule has 1 atom stereocenters. The third-order valence-corrected chi connectivity index (χ3v) is 3.71. The molecule has 2 rings (SSSR count). The molecule has 0 heterocycles. The number of rotatable bonds is 6. The first-order chi connectivity index (χ1) is 13.3. The Morgan fingerprint density at radius 1 is 1.25 bits per heavy atom. The molecule has 0 saturated heterocycles. The lowest BCUT2D eigenvalue weighted by molar-refractivity contribution is -0.159. The largest absolute Gasteiger partial charge is 0.484 e. The minimum Gasteiger partial charge on any atom is -0.484 e. The zero-order chi connectivity index (χ0) is 21.1. The van der Waals surface area contributed by atoms with Crippen LogP contribution in [0.25, 0.3) is 0 Å². The van der Waals surface area contributed by atoms with Gasteiger partial charge in [-0.2, -0.15) is 5.26 Å². The summed E-state index contributed by atoms with van der Waals surface area (Å²) in [5.74, 6) is -3.99. The van der Waals surface area contributed by atoms with Crippen LogP contribution in [-0.4, -0.2) is 35.7 Å². The third kappa shape index (κ3) is 7.23. The summed E-state index contributed by atoms with van der Waals surface area (Å²) in [4.78, 5) is 18.2. The van der Waals surface area contributed by atoms with E-state index in [1.165, 1.54) is 6.07 Å². The topological polar surface area (TPSA) is 120 Å². The fraction of sp³-hybridized carbons (Fsp3) is 0.211. The molecule has 0 spiro atoms. The number of aliphatic carboxylic acids is 2. The SMILES string of the molecule is CNCC[C@@H](Oc1cc(Cl)c(F)cc1C#N)c1ccccc1.O=C(O)C(=O)O. The van der Waals surface area contributed by atoms with E-state index in [1.54, 1.807) is 0 Å². The first-order valence-corrected chi connectivity index (χ1v) is 8.39. The van der Waals surface area contributed by atoms with Crippen LogP contribution in [0.5, 0.6) is 5.75 Å². The average Bonchev–Trinajstić information content (AvgIpc) is 2.68. The van der Waals surface area contributed by atoms with Crippen LogP contribution in [0.1, 0.15) is 23.7 Å². The van der Waals surface area contributed by atoms with Crippen LogP contribution in [0.2, 0.25) is 5.02 Å². The minimum absolute atomic E-state index is 0.0607. The van der Waals surface area contributed by atoms with Gasteiger partial charge in [-0.15, -0.1) is 0 Å². The summed E-state index contributed by atoms with van der Waals surface area (Å²) in [5, 5.41) is 26.9. The molecule has 0 aliphatic carbocycles. The molecule has 2 aromatic rings. The van der Waals surface area contributed by atoms with Crippen molar-refractivity contribution in [1.29, 1.82) is 5.26 Å². The Hall–Kier alpha value is -3.15. The molecular formula is C19H18ClFN2O5. The fourth-order valence-electron chi connectivity index (χ4n) is 2.10. The second kappa shape index (κ2) is 11.5. The summed E-state index contributed by atoms with van der Waals surface area (Å²) in [5.41, 5.74) is 1.12. The van der Waals surface area contributed by atoms with Gasteiger partial charge in [0, 0.05) is 12.5 Å². The summed E-state index contributed by atoms with van der Waals surface area (Å²) in [6, 6.07) is 14.1. The Balaban J connectivity index is 0.000000568. The van der Waals surface area contributed by atoms with Gasteiger partial charge in [-0.25, -0.2) is 14.0 Å². The van der Waals surface area contributed by atoms with Gasteiger partial charge in [0.05, 0.1) is 10.6 Å². The summed E-state index contributed by atoms with van der Waals surface area (Å²) >= 11 is 5.80. The van der Waals surface area contributed by atoms with E-state index < -0.39 is 17.8 Å². The van der Waals surface area contributed by atoms with Gasteiger partial charge in [-0.3, -0.25) is 0 Å². The molecule has 0 saturated carbocycles. The van der Waals surface area contributed by atoms with Gasteiger partial charge >= 0.3 is 11.9 Å². The van der Waals surface area contributed by atoms with E-state index >= 15 is 0 Å². The lowest BCUT2D eigenvalue weighted by Crippen LogP contribution is -2.16. The van der Waals surface area contributed by atoms with Crippen molar-refractivity contribution < 1.29 is 28.9 Å². The Bertz CT molecular complexity index is 843. The van der Waals surface area contributed by atoms with Crippen LogP contribution in [0, 0.1) is 17.1 Å². The predicted octanol–water partition coefficient (Wildman–Crippen LogP) is 3.24. The first-order valence-electron chi connectivity index (χ1n) is 8.01. The van der Waals surface area contributed by atoms with Gasteiger partial charge in [0.25, 0.3) is 0 Å². The van der Waals surface area contributed by atoms with Crippen LogP contribution in [-0.2, 0) is 9.59 Å².